The van der Waals surface area contributed by atoms with E-state index >= 15 is 0 Å². The van der Waals surface area contributed by atoms with Gasteiger partial charge >= 0.3 is 0 Å². The van der Waals surface area contributed by atoms with E-state index in [0.717, 1.165) is 24.2 Å². The van der Waals surface area contributed by atoms with Crippen LogP contribution in [0.2, 0.25) is 0 Å². The minimum atomic E-state index is 0.578. The van der Waals surface area contributed by atoms with Crippen molar-refractivity contribution in [3.05, 3.63) is 95.6 Å². The number of benzene rings is 3. The highest BCUT2D eigenvalue weighted by Crippen LogP contribution is 2.22. The summed E-state index contributed by atoms with van der Waals surface area (Å²) in [5.41, 5.74) is 5.90. The lowest BCUT2D eigenvalue weighted by molar-refractivity contribution is 0.734. The molecule has 0 aliphatic heterocycles. The smallest absolute Gasteiger partial charge is 0.175 e. The fourth-order valence-corrected chi connectivity index (χ4v) is 3.26. The Hall–Kier alpha value is -2.65. The molecular formula is C24H26N2S. The van der Waals surface area contributed by atoms with Crippen LogP contribution in [0.15, 0.2) is 78.9 Å². The molecule has 0 heterocycles. The van der Waals surface area contributed by atoms with Gasteiger partial charge in [-0.15, -0.1) is 0 Å². The zero-order chi connectivity index (χ0) is 19.1. The molecule has 0 aliphatic carbocycles. The van der Waals surface area contributed by atoms with Gasteiger partial charge in [0.2, 0.25) is 0 Å². The first kappa shape index (κ1) is 19.1. The Kier molecular flexibility index (Phi) is 6.61. The molecule has 3 rings (SSSR count). The Morgan fingerprint density at radius 2 is 1.52 bits per heavy atom. The van der Waals surface area contributed by atoms with Crippen molar-refractivity contribution < 1.29 is 0 Å². The van der Waals surface area contributed by atoms with E-state index in [-0.39, 0.29) is 0 Å². The predicted octanol–water partition coefficient (Wildman–Crippen LogP) is 6.60. The molecule has 2 nitrogen and oxygen atoms in total. The number of rotatable bonds is 6. The summed E-state index contributed by atoms with van der Waals surface area (Å²) in [4.78, 5) is 0. The highest BCUT2D eigenvalue weighted by atomic mass is 32.1. The topological polar surface area (TPSA) is 24.1 Å². The van der Waals surface area contributed by atoms with Crippen LogP contribution in [0.3, 0.4) is 0 Å². The number of anilines is 2. The molecule has 3 heteroatoms. The Morgan fingerprint density at radius 1 is 0.852 bits per heavy atom. The van der Waals surface area contributed by atoms with Crippen LogP contribution < -0.4 is 10.6 Å². The lowest BCUT2D eigenvalue weighted by atomic mass is 9.99. The Labute approximate surface area is 167 Å². The van der Waals surface area contributed by atoms with Crippen molar-refractivity contribution in [1.29, 1.82) is 0 Å². The van der Waals surface area contributed by atoms with Crippen LogP contribution in [0.25, 0.3) is 0 Å². The maximum Gasteiger partial charge on any atom is 0.175 e. The molecule has 0 fully saturated rings. The molecule has 0 bridgehead atoms. The van der Waals surface area contributed by atoms with Crippen molar-refractivity contribution >= 4 is 28.7 Å². The summed E-state index contributed by atoms with van der Waals surface area (Å²) in [5, 5.41) is 7.24. The summed E-state index contributed by atoms with van der Waals surface area (Å²) in [6, 6.07) is 27.3. The second-order valence-corrected chi connectivity index (χ2v) is 7.24. The summed E-state index contributed by atoms with van der Waals surface area (Å²) in [6.45, 7) is 4.46. The number of para-hydroxylation sites is 1. The Bertz CT molecular complexity index is 872. The van der Waals surface area contributed by atoms with Crippen molar-refractivity contribution in [3.8, 4) is 0 Å². The van der Waals surface area contributed by atoms with Gasteiger partial charge in [-0.3, -0.25) is 0 Å². The second-order valence-electron chi connectivity index (χ2n) is 6.83. The quantitative estimate of drug-likeness (QED) is 0.475. The third-order valence-corrected chi connectivity index (χ3v) is 5.06. The fourth-order valence-electron chi connectivity index (χ4n) is 3.03. The summed E-state index contributed by atoms with van der Waals surface area (Å²) in [5.74, 6) is 0.578. The molecule has 0 spiro atoms. The van der Waals surface area contributed by atoms with E-state index in [1.165, 1.54) is 16.7 Å². The maximum absolute atomic E-state index is 5.53. The molecule has 0 radical (unpaired) electrons. The van der Waals surface area contributed by atoms with Crippen molar-refractivity contribution in [1.82, 2.24) is 0 Å². The van der Waals surface area contributed by atoms with Crippen LogP contribution in [0.1, 0.15) is 42.9 Å². The third kappa shape index (κ3) is 5.41. The van der Waals surface area contributed by atoms with Gasteiger partial charge in [-0.1, -0.05) is 74.5 Å². The lowest BCUT2D eigenvalue weighted by Gasteiger charge is -2.15. The number of nitrogens with one attached hydrogen (secondary N) is 2. The van der Waals surface area contributed by atoms with Crippen LogP contribution in [0.4, 0.5) is 11.4 Å². The SMILES string of the molecule is CCC(C)c1ccc(NC(=S)Nc2ccccc2Cc2ccccc2)cc1. The highest BCUT2D eigenvalue weighted by Gasteiger charge is 2.06. The minimum Gasteiger partial charge on any atom is -0.332 e. The summed E-state index contributed by atoms with van der Waals surface area (Å²) >= 11 is 5.53. The number of hydrogen-bond acceptors (Lipinski definition) is 1. The monoisotopic (exact) mass is 374 g/mol. The summed E-state index contributed by atoms with van der Waals surface area (Å²) in [7, 11) is 0. The normalized spacial score (nSPS) is 11.6. The first-order valence-corrected chi connectivity index (χ1v) is 9.86. The van der Waals surface area contributed by atoms with Gasteiger partial charge in [0.05, 0.1) is 0 Å². The lowest BCUT2D eigenvalue weighted by Crippen LogP contribution is -2.20. The zero-order valence-corrected chi connectivity index (χ0v) is 16.7. The van der Waals surface area contributed by atoms with E-state index in [0.29, 0.717) is 11.0 Å². The first-order chi connectivity index (χ1) is 13.2. The molecule has 138 valence electrons. The van der Waals surface area contributed by atoms with Gasteiger partial charge in [0.1, 0.15) is 0 Å². The molecule has 27 heavy (non-hydrogen) atoms. The van der Waals surface area contributed by atoms with Gasteiger partial charge in [0, 0.05) is 11.4 Å². The van der Waals surface area contributed by atoms with E-state index in [1.807, 2.05) is 12.1 Å². The van der Waals surface area contributed by atoms with Gasteiger partial charge in [-0.2, -0.15) is 0 Å². The number of thiocarbonyl (C=S) groups is 1. The molecule has 2 N–H and O–H groups in total. The van der Waals surface area contributed by atoms with Crippen molar-refractivity contribution in [2.45, 2.75) is 32.6 Å². The molecule has 3 aromatic rings. The standard InChI is InChI=1S/C24H26N2S/c1-3-18(2)20-13-15-22(16-14-20)25-24(27)26-23-12-8-7-11-21(23)17-19-9-5-4-6-10-19/h4-16,18H,3,17H2,1-2H3,(H2,25,26,27). The van der Waals surface area contributed by atoms with E-state index < -0.39 is 0 Å². The Balaban J connectivity index is 1.66. The van der Waals surface area contributed by atoms with E-state index in [9.17, 15) is 0 Å². The number of hydrogen-bond donors (Lipinski definition) is 2. The van der Waals surface area contributed by atoms with Crippen LogP contribution in [0.5, 0.6) is 0 Å². The molecule has 0 amide bonds. The summed E-state index contributed by atoms with van der Waals surface area (Å²) in [6.07, 6.45) is 2.02. The third-order valence-electron chi connectivity index (χ3n) is 4.85. The molecule has 0 aromatic heterocycles. The van der Waals surface area contributed by atoms with Gasteiger partial charge in [-0.25, -0.2) is 0 Å². The van der Waals surface area contributed by atoms with Crippen molar-refractivity contribution in [2.75, 3.05) is 10.6 Å². The average molecular weight is 375 g/mol. The first-order valence-electron chi connectivity index (χ1n) is 9.45. The van der Waals surface area contributed by atoms with Gasteiger partial charge in [-0.05, 0) is 65.9 Å². The highest BCUT2D eigenvalue weighted by molar-refractivity contribution is 7.80. The molecule has 0 aliphatic rings. The van der Waals surface area contributed by atoms with E-state index in [1.54, 1.807) is 0 Å². The largest absolute Gasteiger partial charge is 0.332 e. The molecule has 1 atom stereocenters. The fraction of sp³-hybridized carbons (Fsp3) is 0.208. The van der Waals surface area contributed by atoms with Crippen molar-refractivity contribution in [2.24, 2.45) is 0 Å². The van der Waals surface area contributed by atoms with Crippen LogP contribution >= 0.6 is 12.2 Å². The molecule has 3 aromatic carbocycles. The zero-order valence-electron chi connectivity index (χ0n) is 15.9. The van der Waals surface area contributed by atoms with Crippen LogP contribution in [0, 0.1) is 0 Å². The molecular weight excluding hydrogens is 348 g/mol. The molecule has 0 saturated carbocycles. The minimum absolute atomic E-state index is 0.578. The van der Waals surface area contributed by atoms with Gasteiger partial charge in [0.25, 0.3) is 0 Å². The van der Waals surface area contributed by atoms with E-state index in [4.69, 9.17) is 12.2 Å². The maximum atomic E-state index is 5.53. The van der Waals surface area contributed by atoms with Crippen molar-refractivity contribution in [3.63, 3.8) is 0 Å². The summed E-state index contributed by atoms with van der Waals surface area (Å²) < 4.78 is 0. The predicted molar refractivity (Wildman–Crippen MR) is 121 cm³/mol. The second kappa shape index (κ2) is 9.33. The molecule has 1 unspecified atom stereocenters. The Morgan fingerprint density at radius 3 is 2.22 bits per heavy atom. The average Bonchev–Trinajstić information content (AvgIpc) is 2.70. The van der Waals surface area contributed by atoms with Gasteiger partial charge in [0.15, 0.2) is 5.11 Å². The molecule has 0 saturated heterocycles. The van der Waals surface area contributed by atoms with Crippen LogP contribution in [-0.2, 0) is 6.42 Å². The van der Waals surface area contributed by atoms with Crippen LogP contribution in [-0.4, -0.2) is 5.11 Å². The van der Waals surface area contributed by atoms with E-state index in [2.05, 4.69) is 91.2 Å². The van der Waals surface area contributed by atoms with Gasteiger partial charge < -0.3 is 10.6 Å².